The number of hydrogen-bond acceptors (Lipinski definition) is 5. The van der Waals surface area contributed by atoms with E-state index in [9.17, 15) is 22.8 Å². The molecule has 0 spiro atoms. The van der Waals surface area contributed by atoms with Crippen molar-refractivity contribution in [3.63, 3.8) is 0 Å². The highest BCUT2D eigenvalue weighted by molar-refractivity contribution is 5.90. The molecule has 3 N–H and O–H groups in total. The van der Waals surface area contributed by atoms with Crippen LogP contribution >= 0.6 is 0 Å². The predicted octanol–water partition coefficient (Wildman–Crippen LogP) is 3.59. The van der Waals surface area contributed by atoms with Gasteiger partial charge in [0.2, 0.25) is 0 Å². The lowest BCUT2D eigenvalue weighted by molar-refractivity contribution is -0.140. The van der Waals surface area contributed by atoms with Gasteiger partial charge in [-0.25, -0.2) is 19.1 Å². The van der Waals surface area contributed by atoms with Crippen LogP contribution in [-0.4, -0.2) is 54.2 Å². The fraction of sp³-hybridized carbons (Fsp3) is 0.190. The Morgan fingerprint density at radius 3 is 2.59 bits per heavy atom. The molecule has 0 aliphatic carbocycles. The fourth-order valence-electron chi connectivity index (χ4n) is 3.15. The van der Waals surface area contributed by atoms with E-state index in [1.165, 1.54) is 17.8 Å². The molecule has 1 aromatic carbocycles. The van der Waals surface area contributed by atoms with Crippen molar-refractivity contribution in [3.8, 4) is 22.4 Å². The summed E-state index contributed by atoms with van der Waals surface area (Å²) < 4.78 is 39.7. The molecule has 0 saturated heterocycles. The molecule has 4 rings (SSSR count). The van der Waals surface area contributed by atoms with Gasteiger partial charge in [-0.05, 0) is 25.1 Å². The van der Waals surface area contributed by atoms with Gasteiger partial charge in [-0.15, -0.1) is 0 Å². The SMILES string of the molecule is CC(C(=O)O)n1cc(-c2cnn3c(-c4cccc(NC(=O)NCC(F)(F)F)c4)cnc3c2)cn1. The van der Waals surface area contributed by atoms with Crippen LogP contribution in [0.2, 0.25) is 0 Å². The van der Waals surface area contributed by atoms with Crippen LogP contribution in [0.1, 0.15) is 13.0 Å². The molecule has 2 amide bonds. The molecule has 1 atom stereocenters. The molecule has 0 fully saturated rings. The molecule has 0 aliphatic rings. The van der Waals surface area contributed by atoms with Crippen LogP contribution in [0.4, 0.5) is 23.7 Å². The van der Waals surface area contributed by atoms with Crippen molar-refractivity contribution in [3.05, 3.63) is 55.1 Å². The average Bonchev–Trinajstić information content (AvgIpc) is 3.44. The quantitative estimate of drug-likeness (QED) is 0.393. The molecule has 3 aromatic heterocycles. The third-order valence-corrected chi connectivity index (χ3v) is 4.92. The number of hydrogen-bond donors (Lipinski definition) is 3. The fourth-order valence-corrected chi connectivity index (χ4v) is 3.15. The summed E-state index contributed by atoms with van der Waals surface area (Å²) >= 11 is 0. The van der Waals surface area contributed by atoms with Crippen molar-refractivity contribution in [2.24, 2.45) is 0 Å². The standard InChI is InChI=1S/C21H18F3N7O3/c1-12(19(32)33)30-10-15(8-27-30)14-6-18-25-9-17(31(18)28-7-14)13-3-2-4-16(5-13)29-20(34)26-11-21(22,23)24/h2-10,12H,11H2,1H3,(H,32,33)(H2,26,29,34). The van der Waals surface area contributed by atoms with Crippen molar-refractivity contribution in [1.29, 1.82) is 0 Å². The molecule has 0 aliphatic heterocycles. The molecule has 0 saturated carbocycles. The number of nitrogens with zero attached hydrogens (tertiary/aromatic N) is 5. The first-order valence-electron chi connectivity index (χ1n) is 9.94. The number of alkyl halides is 3. The number of nitrogens with one attached hydrogen (secondary N) is 2. The highest BCUT2D eigenvalue weighted by Gasteiger charge is 2.27. The Kier molecular flexibility index (Phi) is 5.92. The largest absolute Gasteiger partial charge is 0.480 e. The summed E-state index contributed by atoms with van der Waals surface area (Å²) in [6.07, 6.45) is 1.79. The number of carbonyl (C=O) groups is 2. The number of anilines is 1. The molecule has 0 radical (unpaired) electrons. The Morgan fingerprint density at radius 2 is 1.85 bits per heavy atom. The zero-order chi connectivity index (χ0) is 24.5. The van der Waals surface area contributed by atoms with E-state index in [2.05, 4.69) is 20.5 Å². The van der Waals surface area contributed by atoms with E-state index >= 15 is 0 Å². The zero-order valence-corrected chi connectivity index (χ0v) is 17.6. The number of aromatic nitrogens is 5. The van der Waals surface area contributed by atoms with Gasteiger partial charge in [-0.1, -0.05) is 12.1 Å². The number of urea groups is 1. The van der Waals surface area contributed by atoms with Crippen molar-refractivity contribution < 1.29 is 27.9 Å². The molecular formula is C21H18F3N7O3. The lowest BCUT2D eigenvalue weighted by Gasteiger charge is -2.10. The van der Waals surface area contributed by atoms with Crippen molar-refractivity contribution in [2.45, 2.75) is 19.1 Å². The zero-order valence-electron chi connectivity index (χ0n) is 17.6. The van der Waals surface area contributed by atoms with Gasteiger partial charge in [0.05, 0.1) is 24.3 Å². The minimum absolute atomic E-state index is 0.295. The van der Waals surface area contributed by atoms with E-state index in [4.69, 9.17) is 5.11 Å². The van der Waals surface area contributed by atoms with Gasteiger partial charge >= 0.3 is 18.2 Å². The summed E-state index contributed by atoms with van der Waals surface area (Å²) in [5.74, 6) is -1.00. The van der Waals surface area contributed by atoms with Gasteiger partial charge in [0.15, 0.2) is 5.65 Å². The van der Waals surface area contributed by atoms with Gasteiger partial charge < -0.3 is 15.7 Å². The van der Waals surface area contributed by atoms with Gasteiger partial charge in [0.1, 0.15) is 12.6 Å². The molecule has 4 aromatic rings. The van der Waals surface area contributed by atoms with E-state index in [0.29, 0.717) is 33.7 Å². The van der Waals surface area contributed by atoms with Crippen molar-refractivity contribution >= 4 is 23.3 Å². The van der Waals surface area contributed by atoms with E-state index in [1.54, 1.807) is 58.8 Å². The highest BCUT2D eigenvalue weighted by atomic mass is 19.4. The van der Waals surface area contributed by atoms with Gasteiger partial charge in [-0.3, -0.25) is 4.68 Å². The lowest BCUT2D eigenvalue weighted by Crippen LogP contribution is -2.36. The highest BCUT2D eigenvalue weighted by Crippen LogP contribution is 2.26. The number of amides is 2. The van der Waals surface area contributed by atoms with Gasteiger partial charge in [0.25, 0.3) is 0 Å². The molecule has 13 heteroatoms. The maximum atomic E-state index is 12.3. The van der Waals surface area contributed by atoms with Crippen molar-refractivity contribution in [2.75, 3.05) is 11.9 Å². The van der Waals surface area contributed by atoms with Crippen LogP contribution in [0.5, 0.6) is 0 Å². The molecule has 1 unspecified atom stereocenters. The maximum absolute atomic E-state index is 12.3. The third kappa shape index (κ3) is 4.98. The number of rotatable bonds is 6. The predicted molar refractivity (Wildman–Crippen MR) is 115 cm³/mol. The van der Waals surface area contributed by atoms with Gasteiger partial charge in [-0.2, -0.15) is 23.4 Å². The number of fused-ring (bicyclic) bond motifs is 1. The normalized spacial score (nSPS) is 12.5. The molecule has 34 heavy (non-hydrogen) atoms. The summed E-state index contributed by atoms with van der Waals surface area (Å²) in [4.78, 5) is 27.2. The molecular weight excluding hydrogens is 455 g/mol. The third-order valence-electron chi connectivity index (χ3n) is 4.92. The second kappa shape index (κ2) is 8.84. The Labute approximate surface area is 190 Å². The topological polar surface area (TPSA) is 126 Å². The number of imidazole rings is 1. The summed E-state index contributed by atoms with van der Waals surface area (Å²) in [5.41, 5.74) is 3.38. The van der Waals surface area contributed by atoms with E-state index in [1.807, 2.05) is 0 Å². The van der Waals surface area contributed by atoms with E-state index in [0.717, 1.165) is 0 Å². The van der Waals surface area contributed by atoms with Crippen LogP contribution in [0, 0.1) is 0 Å². The Bertz CT molecular complexity index is 1360. The van der Waals surface area contributed by atoms with Crippen LogP contribution in [0.3, 0.4) is 0 Å². The maximum Gasteiger partial charge on any atom is 0.405 e. The lowest BCUT2D eigenvalue weighted by atomic mass is 10.1. The smallest absolute Gasteiger partial charge is 0.405 e. The number of carboxylic acid groups (broad SMARTS) is 1. The number of carbonyl (C=O) groups excluding carboxylic acids is 1. The van der Waals surface area contributed by atoms with Crippen molar-refractivity contribution in [1.82, 2.24) is 29.7 Å². The van der Waals surface area contributed by atoms with Crippen LogP contribution in [-0.2, 0) is 4.79 Å². The van der Waals surface area contributed by atoms with E-state index < -0.39 is 30.8 Å². The second-order valence-corrected chi connectivity index (χ2v) is 7.38. The number of halogens is 3. The first kappa shape index (κ1) is 22.8. The number of aliphatic carboxylic acids is 1. The molecule has 176 valence electrons. The first-order valence-corrected chi connectivity index (χ1v) is 9.94. The number of carboxylic acids is 1. The van der Waals surface area contributed by atoms with Crippen LogP contribution in [0.15, 0.2) is 55.1 Å². The molecule has 0 bridgehead atoms. The first-order chi connectivity index (χ1) is 16.1. The minimum atomic E-state index is -4.51. The Balaban J connectivity index is 1.55. The molecule has 3 heterocycles. The monoisotopic (exact) mass is 473 g/mol. The Hall–Kier alpha value is -4.42. The second-order valence-electron chi connectivity index (χ2n) is 7.38. The number of benzene rings is 1. The summed E-state index contributed by atoms with van der Waals surface area (Å²) in [6, 6.07) is 6.48. The average molecular weight is 473 g/mol. The van der Waals surface area contributed by atoms with Gasteiger partial charge in [0, 0.05) is 28.6 Å². The summed E-state index contributed by atoms with van der Waals surface area (Å²) in [7, 11) is 0. The van der Waals surface area contributed by atoms with Crippen LogP contribution < -0.4 is 10.6 Å². The summed E-state index contributed by atoms with van der Waals surface area (Å²) in [6.45, 7) is 0.0799. The summed E-state index contributed by atoms with van der Waals surface area (Å²) in [5, 5.41) is 21.7. The Morgan fingerprint density at radius 1 is 1.09 bits per heavy atom. The van der Waals surface area contributed by atoms with E-state index in [-0.39, 0.29) is 0 Å². The molecule has 10 nitrogen and oxygen atoms in total. The van der Waals surface area contributed by atoms with Crippen LogP contribution in [0.25, 0.3) is 28.0 Å². The minimum Gasteiger partial charge on any atom is -0.480 e.